The summed E-state index contributed by atoms with van der Waals surface area (Å²) >= 11 is 0. The van der Waals surface area contributed by atoms with Crippen molar-refractivity contribution in [3.63, 3.8) is 0 Å². The van der Waals surface area contributed by atoms with Gasteiger partial charge in [0.25, 0.3) is 5.91 Å². The summed E-state index contributed by atoms with van der Waals surface area (Å²) in [6, 6.07) is 2.06. The Morgan fingerprint density at radius 2 is 2.36 bits per heavy atom. The molecule has 76 valence electrons. The molecule has 0 aliphatic heterocycles. The fraction of sp³-hybridized carbons (Fsp3) is 0.500. The topological polar surface area (TPSA) is 60.1 Å². The number of carbonyl (C=O) groups excluding carboxylic acids is 1. The van der Waals surface area contributed by atoms with E-state index >= 15 is 0 Å². The highest BCUT2D eigenvalue weighted by atomic mass is 16.2. The van der Waals surface area contributed by atoms with Gasteiger partial charge in [0.1, 0.15) is 5.69 Å². The number of nitrogens with one attached hydrogen (secondary N) is 1. The minimum Gasteiger partial charge on any atom is -0.397 e. The number of aryl methyl sites for hydroxylation is 1. The lowest BCUT2D eigenvalue weighted by molar-refractivity contribution is 0.0941. The van der Waals surface area contributed by atoms with E-state index in [1.807, 2.05) is 7.05 Å². The molecule has 14 heavy (non-hydrogen) atoms. The molecule has 4 heteroatoms. The maximum absolute atomic E-state index is 11.7. The van der Waals surface area contributed by atoms with Crippen molar-refractivity contribution >= 4 is 11.6 Å². The molecule has 1 amide bonds. The number of hydrogen-bond donors (Lipinski definition) is 2. The zero-order valence-corrected chi connectivity index (χ0v) is 8.45. The molecule has 1 heterocycles. The monoisotopic (exact) mass is 193 g/mol. The lowest BCUT2D eigenvalue weighted by Crippen LogP contribution is -2.28. The quantitative estimate of drug-likeness (QED) is 0.728. The molecule has 2 unspecified atom stereocenters. The van der Waals surface area contributed by atoms with Gasteiger partial charge in [0.15, 0.2) is 0 Å². The molecule has 3 N–H and O–H groups in total. The van der Waals surface area contributed by atoms with Gasteiger partial charge in [0, 0.05) is 19.3 Å². The molecule has 2 rings (SSSR count). The molecule has 1 fully saturated rings. The van der Waals surface area contributed by atoms with Crippen LogP contribution in [0.5, 0.6) is 0 Å². The summed E-state index contributed by atoms with van der Waals surface area (Å²) in [6.45, 7) is 2.13. The largest absolute Gasteiger partial charge is 0.397 e. The number of hydrogen-bond acceptors (Lipinski definition) is 2. The first kappa shape index (κ1) is 9.12. The molecule has 1 aliphatic rings. The standard InChI is InChI=1S/C10H15N3O/c1-6-3-8(6)12-10(14)9-4-7(11)5-13(9)2/h4-6,8H,3,11H2,1-2H3,(H,12,14). The van der Waals surface area contributed by atoms with Crippen molar-refractivity contribution in [3.8, 4) is 0 Å². The first-order chi connectivity index (χ1) is 6.58. The highest BCUT2D eigenvalue weighted by Crippen LogP contribution is 2.29. The Morgan fingerprint density at radius 1 is 1.71 bits per heavy atom. The summed E-state index contributed by atoms with van der Waals surface area (Å²) in [5.41, 5.74) is 6.84. The van der Waals surface area contributed by atoms with Crippen LogP contribution in [0.4, 0.5) is 5.69 Å². The highest BCUT2D eigenvalue weighted by molar-refractivity contribution is 5.94. The smallest absolute Gasteiger partial charge is 0.268 e. The van der Waals surface area contributed by atoms with Crippen LogP contribution in [-0.4, -0.2) is 16.5 Å². The Balaban J connectivity index is 2.07. The third-order valence-corrected chi connectivity index (χ3v) is 2.68. The van der Waals surface area contributed by atoms with Crippen LogP contribution in [0, 0.1) is 5.92 Å². The second-order valence-corrected chi connectivity index (χ2v) is 4.06. The number of nitrogens with zero attached hydrogens (tertiary/aromatic N) is 1. The van der Waals surface area contributed by atoms with Crippen LogP contribution >= 0.6 is 0 Å². The molecule has 2 atom stereocenters. The number of anilines is 1. The Kier molecular flexibility index (Phi) is 1.98. The van der Waals surface area contributed by atoms with E-state index < -0.39 is 0 Å². The second-order valence-electron chi connectivity index (χ2n) is 4.06. The molecule has 0 saturated heterocycles. The third kappa shape index (κ3) is 1.60. The van der Waals surface area contributed by atoms with Crippen molar-refractivity contribution in [2.45, 2.75) is 19.4 Å². The molecule has 1 saturated carbocycles. The Hall–Kier alpha value is -1.45. The van der Waals surface area contributed by atoms with Crippen molar-refractivity contribution in [2.24, 2.45) is 13.0 Å². The molecule has 1 aromatic heterocycles. The second kappa shape index (κ2) is 3.04. The zero-order valence-electron chi connectivity index (χ0n) is 8.45. The predicted octanol–water partition coefficient (Wildman–Crippen LogP) is 0.746. The summed E-state index contributed by atoms with van der Waals surface area (Å²) in [7, 11) is 1.82. The van der Waals surface area contributed by atoms with Crippen molar-refractivity contribution in [3.05, 3.63) is 18.0 Å². The van der Waals surface area contributed by atoms with Gasteiger partial charge in [-0.15, -0.1) is 0 Å². The van der Waals surface area contributed by atoms with Gasteiger partial charge in [-0.05, 0) is 18.4 Å². The molecular formula is C10H15N3O. The molecular weight excluding hydrogens is 178 g/mol. The van der Waals surface area contributed by atoms with E-state index in [9.17, 15) is 4.79 Å². The van der Waals surface area contributed by atoms with E-state index in [4.69, 9.17) is 5.73 Å². The minimum absolute atomic E-state index is 0.0291. The Labute approximate surface area is 83.1 Å². The van der Waals surface area contributed by atoms with E-state index in [1.54, 1.807) is 16.8 Å². The SMILES string of the molecule is CC1CC1NC(=O)c1cc(N)cn1C. The molecule has 0 aromatic carbocycles. The van der Waals surface area contributed by atoms with Crippen LogP contribution in [0.3, 0.4) is 0 Å². The fourth-order valence-electron chi connectivity index (χ4n) is 1.58. The summed E-state index contributed by atoms with van der Waals surface area (Å²) in [4.78, 5) is 11.7. The molecule has 0 radical (unpaired) electrons. The average molecular weight is 193 g/mol. The van der Waals surface area contributed by atoms with Crippen LogP contribution in [0.2, 0.25) is 0 Å². The lowest BCUT2D eigenvalue weighted by atomic mass is 10.3. The van der Waals surface area contributed by atoms with Crippen molar-refractivity contribution in [2.75, 3.05) is 5.73 Å². The van der Waals surface area contributed by atoms with E-state index in [1.165, 1.54) is 0 Å². The van der Waals surface area contributed by atoms with E-state index in [0.717, 1.165) is 6.42 Å². The summed E-state index contributed by atoms with van der Waals surface area (Å²) in [5, 5.41) is 2.96. The molecule has 1 aliphatic carbocycles. The van der Waals surface area contributed by atoms with E-state index in [-0.39, 0.29) is 5.91 Å². The molecule has 0 spiro atoms. The van der Waals surface area contributed by atoms with E-state index in [2.05, 4.69) is 12.2 Å². The van der Waals surface area contributed by atoms with E-state index in [0.29, 0.717) is 23.3 Å². The zero-order chi connectivity index (χ0) is 10.3. The number of rotatable bonds is 2. The minimum atomic E-state index is -0.0291. The third-order valence-electron chi connectivity index (χ3n) is 2.68. The maximum Gasteiger partial charge on any atom is 0.268 e. The lowest BCUT2D eigenvalue weighted by Gasteiger charge is -2.03. The number of aromatic nitrogens is 1. The van der Waals surface area contributed by atoms with Crippen molar-refractivity contribution < 1.29 is 4.79 Å². The number of nitrogen functional groups attached to an aromatic ring is 1. The van der Waals surface area contributed by atoms with Gasteiger partial charge < -0.3 is 15.6 Å². The summed E-state index contributed by atoms with van der Waals surface area (Å²) in [5.74, 6) is 0.593. The molecule has 4 nitrogen and oxygen atoms in total. The van der Waals surface area contributed by atoms with Crippen LogP contribution in [0.15, 0.2) is 12.3 Å². The summed E-state index contributed by atoms with van der Waals surface area (Å²) < 4.78 is 1.75. The molecule has 1 aromatic rings. The van der Waals surface area contributed by atoms with Gasteiger partial charge >= 0.3 is 0 Å². The highest BCUT2D eigenvalue weighted by Gasteiger charge is 2.34. The maximum atomic E-state index is 11.7. The predicted molar refractivity (Wildman–Crippen MR) is 54.9 cm³/mol. The van der Waals surface area contributed by atoms with Crippen molar-refractivity contribution in [1.82, 2.24) is 9.88 Å². The van der Waals surface area contributed by atoms with Gasteiger partial charge in [0.2, 0.25) is 0 Å². The van der Waals surface area contributed by atoms with Gasteiger partial charge in [0.05, 0.1) is 5.69 Å². The normalized spacial score (nSPS) is 24.7. The Morgan fingerprint density at radius 3 is 2.79 bits per heavy atom. The van der Waals surface area contributed by atoms with Crippen LogP contribution < -0.4 is 11.1 Å². The van der Waals surface area contributed by atoms with Crippen LogP contribution in [-0.2, 0) is 7.05 Å². The van der Waals surface area contributed by atoms with Crippen LogP contribution in [0.25, 0.3) is 0 Å². The Bertz CT molecular complexity index is 369. The average Bonchev–Trinajstić information content (AvgIpc) is 2.64. The summed E-state index contributed by atoms with van der Waals surface area (Å²) in [6.07, 6.45) is 2.83. The number of nitrogens with two attached hydrogens (primary N) is 1. The molecule has 0 bridgehead atoms. The van der Waals surface area contributed by atoms with Gasteiger partial charge in [-0.3, -0.25) is 4.79 Å². The number of amides is 1. The van der Waals surface area contributed by atoms with Crippen LogP contribution in [0.1, 0.15) is 23.8 Å². The number of carbonyl (C=O) groups is 1. The first-order valence-corrected chi connectivity index (χ1v) is 4.80. The first-order valence-electron chi connectivity index (χ1n) is 4.80. The van der Waals surface area contributed by atoms with Crippen molar-refractivity contribution in [1.29, 1.82) is 0 Å². The fourth-order valence-corrected chi connectivity index (χ4v) is 1.58. The van der Waals surface area contributed by atoms with Gasteiger partial charge in [-0.25, -0.2) is 0 Å². The van der Waals surface area contributed by atoms with Gasteiger partial charge in [-0.2, -0.15) is 0 Å². The van der Waals surface area contributed by atoms with Gasteiger partial charge in [-0.1, -0.05) is 6.92 Å².